The topological polar surface area (TPSA) is 29.5 Å². The summed E-state index contributed by atoms with van der Waals surface area (Å²) in [7, 11) is 0. The summed E-state index contributed by atoms with van der Waals surface area (Å²) in [6.07, 6.45) is -3.19. The third-order valence-corrected chi connectivity index (χ3v) is 3.85. The number of benzene rings is 1. The van der Waals surface area contributed by atoms with Crippen LogP contribution in [0.4, 0.5) is 13.2 Å². The van der Waals surface area contributed by atoms with Crippen LogP contribution < -0.4 is 0 Å². The van der Waals surface area contributed by atoms with Crippen LogP contribution in [-0.2, 0) is 16.0 Å². The van der Waals surface area contributed by atoms with Gasteiger partial charge in [0.15, 0.2) is 0 Å². The standard InChI is InChI=1S/C16H20F3NO2/c1-12-5-2-3-6-13(12)9-15(21)20(11-16(17,18)19)14-7-4-8-22-10-14/h2-3,5-6,14H,4,7-11H2,1H3/t14-/m0/s1. The Hall–Kier alpha value is -1.56. The van der Waals surface area contributed by atoms with Gasteiger partial charge in [-0.2, -0.15) is 13.2 Å². The number of carbonyl (C=O) groups is 1. The molecule has 0 N–H and O–H groups in total. The van der Waals surface area contributed by atoms with Crippen molar-refractivity contribution in [1.29, 1.82) is 0 Å². The SMILES string of the molecule is Cc1ccccc1CC(=O)N(CC(F)(F)F)[C@H]1CCCOC1. The van der Waals surface area contributed by atoms with Crippen LogP contribution in [0.15, 0.2) is 24.3 Å². The number of rotatable bonds is 4. The van der Waals surface area contributed by atoms with Gasteiger partial charge in [0, 0.05) is 6.61 Å². The van der Waals surface area contributed by atoms with Crippen molar-refractivity contribution in [1.82, 2.24) is 4.90 Å². The van der Waals surface area contributed by atoms with Crippen LogP contribution in [0.5, 0.6) is 0 Å². The molecule has 1 amide bonds. The fraction of sp³-hybridized carbons (Fsp3) is 0.562. The number of hydrogen-bond donors (Lipinski definition) is 0. The molecule has 0 saturated carbocycles. The van der Waals surface area contributed by atoms with Crippen LogP contribution in [0.1, 0.15) is 24.0 Å². The minimum Gasteiger partial charge on any atom is -0.379 e. The van der Waals surface area contributed by atoms with Gasteiger partial charge in [-0.05, 0) is 30.9 Å². The van der Waals surface area contributed by atoms with Gasteiger partial charge >= 0.3 is 6.18 Å². The zero-order valence-corrected chi connectivity index (χ0v) is 12.5. The maximum atomic E-state index is 12.8. The first-order chi connectivity index (χ1) is 10.4. The molecule has 1 aromatic rings. The van der Waals surface area contributed by atoms with Crippen LogP contribution >= 0.6 is 0 Å². The highest BCUT2D eigenvalue weighted by molar-refractivity contribution is 5.79. The third kappa shape index (κ3) is 4.73. The number of ether oxygens (including phenoxy) is 1. The van der Waals surface area contributed by atoms with Crippen LogP contribution in [0.25, 0.3) is 0 Å². The number of carbonyl (C=O) groups excluding carboxylic acids is 1. The molecular weight excluding hydrogens is 295 g/mol. The number of nitrogens with zero attached hydrogens (tertiary/aromatic N) is 1. The van der Waals surface area contributed by atoms with E-state index in [4.69, 9.17) is 4.74 Å². The highest BCUT2D eigenvalue weighted by atomic mass is 19.4. The van der Waals surface area contributed by atoms with E-state index in [1.807, 2.05) is 19.1 Å². The molecule has 0 bridgehead atoms. The van der Waals surface area contributed by atoms with Crippen LogP contribution in [0.2, 0.25) is 0 Å². The Morgan fingerprint density at radius 2 is 2.09 bits per heavy atom. The second-order valence-corrected chi connectivity index (χ2v) is 5.61. The van der Waals surface area contributed by atoms with Crippen molar-refractivity contribution < 1.29 is 22.7 Å². The fourth-order valence-electron chi connectivity index (χ4n) is 2.66. The number of hydrogen-bond acceptors (Lipinski definition) is 2. The molecule has 0 spiro atoms. The van der Waals surface area contributed by atoms with E-state index < -0.39 is 24.7 Å². The lowest BCUT2D eigenvalue weighted by atomic mass is 10.0. The Morgan fingerprint density at radius 3 is 2.68 bits per heavy atom. The minimum atomic E-state index is -4.40. The zero-order chi connectivity index (χ0) is 16.2. The molecule has 6 heteroatoms. The molecule has 1 heterocycles. The van der Waals surface area contributed by atoms with Gasteiger partial charge in [0.25, 0.3) is 0 Å². The molecular formula is C16H20F3NO2. The molecule has 22 heavy (non-hydrogen) atoms. The molecule has 1 aliphatic rings. The summed E-state index contributed by atoms with van der Waals surface area (Å²) in [5.41, 5.74) is 1.67. The lowest BCUT2D eigenvalue weighted by Gasteiger charge is -2.35. The van der Waals surface area contributed by atoms with Gasteiger partial charge in [-0.15, -0.1) is 0 Å². The molecule has 0 unspecified atom stereocenters. The highest BCUT2D eigenvalue weighted by Gasteiger charge is 2.37. The average molecular weight is 315 g/mol. The normalized spacial score (nSPS) is 19.0. The van der Waals surface area contributed by atoms with Crippen LogP contribution in [-0.4, -0.2) is 42.8 Å². The molecule has 0 aromatic heterocycles. The Bertz CT molecular complexity index is 510. The molecule has 122 valence electrons. The van der Waals surface area contributed by atoms with Crippen molar-refractivity contribution in [2.45, 2.75) is 38.4 Å². The summed E-state index contributed by atoms with van der Waals surface area (Å²) < 4.78 is 43.7. The Labute approximate surface area is 128 Å². The lowest BCUT2D eigenvalue weighted by molar-refractivity contribution is -0.169. The van der Waals surface area contributed by atoms with Gasteiger partial charge in [0.05, 0.1) is 19.1 Å². The number of halogens is 3. The predicted molar refractivity (Wildman–Crippen MR) is 76.5 cm³/mol. The second kappa shape index (κ2) is 7.13. The first-order valence-corrected chi connectivity index (χ1v) is 7.35. The maximum Gasteiger partial charge on any atom is 0.406 e. The van der Waals surface area contributed by atoms with E-state index in [1.165, 1.54) is 0 Å². The summed E-state index contributed by atoms with van der Waals surface area (Å²) in [6, 6.07) is 6.75. The van der Waals surface area contributed by atoms with E-state index in [2.05, 4.69) is 0 Å². The van der Waals surface area contributed by atoms with Crippen molar-refractivity contribution in [3.8, 4) is 0 Å². The van der Waals surface area contributed by atoms with Gasteiger partial charge in [0.1, 0.15) is 6.54 Å². The quantitative estimate of drug-likeness (QED) is 0.854. The van der Waals surface area contributed by atoms with Crippen molar-refractivity contribution in [2.24, 2.45) is 0 Å². The van der Waals surface area contributed by atoms with Gasteiger partial charge in [-0.25, -0.2) is 0 Å². The van der Waals surface area contributed by atoms with Gasteiger partial charge in [-0.3, -0.25) is 4.79 Å². The highest BCUT2D eigenvalue weighted by Crippen LogP contribution is 2.23. The molecule has 0 aliphatic carbocycles. The summed E-state index contributed by atoms with van der Waals surface area (Å²) in [6.45, 7) is 1.35. The first kappa shape index (κ1) is 16.8. The van der Waals surface area contributed by atoms with Crippen molar-refractivity contribution >= 4 is 5.91 Å². The number of amides is 1. The van der Waals surface area contributed by atoms with Crippen molar-refractivity contribution in [2.75, 3.05) is 19.8 Å². The number of alkyl halides is 3. The Morgan fingerprint density at radius 1 is 1.36 bits per heavy atom. The van der Waals surface area contributed by atoms with E-state index in [9.17, 15) is 18.0 Å². The summed E-state index contributed by atoms with van der Waals surface area (Å²) in [5, 5.41) is 0. The van der Waals surface area contributed by atoms with Crippen molar-refractivity contribution in [3.05, 3.63) is 35.4 Å². The lowest BCUT2D eigenvalue weighted by Crippen LogP contribution is -2.49. The van der Waals surface area contributed by atoms with E-state index in [1.54, 1.807) is 12.1 Å². The van der Waals surface area contributed by atoms with Gasteiger partial charge in [-0.1, -0.05) is 24.3 Å². The fourth-order valence-corrected chi connectivity index (χ4v) is 2.66. The molecule has 1 aliphatic heterocycles. The first-order valence-electron chi connectivity index (χ1n) is 7.35. The zero-order valence-electron chi connectivity index (χ0n) is 12.5. The molecule has 1 aromatic carbocycles. The van der Waals surface area contributed by atoms with Crippen LogP contribution in [0.3, 0.4) is 0 Å². The molecule has 2 rings (SSSR count). The van der Waals surface area contributed by atoms with Gasteiger partial charge in [0.2, 0.25) is 5.91 Å². The molecule has 1 fully saturated rings. The van der Waals surface area contributed by atoms with Crippen LogP contribution in [0, 0.1) is 6.92 Å². The monoisotopic (exact) mass is 315 g/mol. The second-order valence-electron chi connectivity index (χ2n) is 5.61. The minimum absolute atomic E-state index is 0.0146. The largest absolute Gasteiger partial charge is 0.406 e. The smallest absolute Gasteiger partial charge is 0.379 e. The molecule has 1 saturated heterocycles. The average Bonchev–Trinajstić information content (AvgIpc) is 2.47. The predicted octanol–water partition coefficient (Wildman–Crippen LogP) is 3.11. The van der Waals surface area contributed by atoms with E-state index in [-0.39, 0.29) is 13.0 Å². The third-order valence-electron chi connectivity index (χ3n) is 3.85. The van der Waals surface area contributed by atoms with E-state index >= 15 is 0 Å². The number of aryl methyl sites for hydroxylation is 1. The van der Waals surface area contributed by atoms with Crippen molar-refractivity contribution in [3.63, 3.8) is 0 Å². The molecule has 1 atom stereocenters. The Balaban J connectivity index is 2.12. The summed E-state index contributed by atoms with van der Waals surface area (Å²) >= 11 is 0. The van der Waals surface area contributed by atoms with E-state index in [0.29, 0.717) is 19.4 Å². The van der Waals surface area contributed by atoms with Gasteiger partial charge < -0.3 is 9.64 Å². The maximum absolute atomic E-state index is 12.8. The molecule has 0 radical (unpaired) electrons. The van der Waals surface area contributed by atoms with E-state index in [0.717, 1.165) is 16.0 Å². The summed E-state index contributed by atoms with van der Waals surface area (Å²) in [5.74, 6) is -0.498. The Kier molecular flexibility index (Phi) is 5.45. The molecule has 3 nitrogen and oxygen atoms in total. The summed E-state index contributed by atoms with van der Waals surface area (Å²) in [4.78, 5) is 13.3.